The number of rotatable bonds is 4. The highest BCUT2D eigenvalue weighted by molar-refractivity contribution is 5.85. The van der Waals surface area contributed by atoms with Crippen LogP contribution in [0.5, 0.6) is 0 Å². The van der Waals surface area contributed by atoms with Crippen molar-refractivity contribution in [3.63, 3.8) is 0 Å². The summed E-state index contributed by atoms with van der Waals surface area (Å²) in [6.45, 7) is 0. The summed E-state index contributed by atoms with van der Waals surface area (Å²) in [5.74, 6) is 0. The van der Waals surface area contributed by atoms with Gasteiger partial charge in [0.25, 0.3) is 0 Å². The van der Waals surface area contributed by atoms with Crippen molar-refractivity contribution in [2.45, 2.75) is 12.5 Å². The molecule has 2 aromatic rings. The van der Waals surface area contributed by atoms with Crippen LogP contribution in [0.25, 0.3) is 0 Å². The molecule has 0 aliphatic rings. The van der Waals surface area contributed by atoms with Crippen LogP contribution in [0.2, 0.25) is 0 Å². The Morgan fingerprint density at radius 2 is 1.61 bits per heavy atom. The lowest BCUT2D eigenvalue weighted by Crippen LogP contribution is -2.19. The van der Waals surface area contributed by atoms with Gasteiger partial charge in [-0.1, -0.05) is 48.5 Å². The van der Waals surface area contributed by atoms with E-state index in [0.717, 1.165) is 12.1 Å². The van der Waals surface area contributed by atoms with E-state index in [0.29, 0.717) is 6.04 Å². The van der Waals surface area contributed by atoms with E-state index in [-0.39, 0.29) is 12.4 Å². The van der Waals surface area contributed by atoms with E-state index in [1.165, 1.54) is 11.1 Å². The first kappa shape index (κ1) is 14.6. The van der Waals surface area contributed by atoms with Crippen LogP contribution in [0.4, 0.5) is 5.69 Å². The quantitative estimate of drug-likeness (QED) is 0.831. The Morgan fingerprint density at radius 3 is 2.22 bits per heavy atom. The summed E-state index contributed by atoms with van der Waals surface area (Å²) in [4.78, 5) is 0. The van der Waals surface area contributed by atoms with Gasteiger partial charge in [0.2, 0.25) is 0 Å². The summed E-state index contributed by atoms with van der Waals surface area (Å²) in [6, 6.07) is 18.8. The molecular formula is C15H19ClN2. The topological polar surface area (TPSA) is 38.0 Å². The number of nitrogens with one attached hydrogen (secondary N) is 1. The first-order valence-corrected chi connectivity index (χ1v) is 5.87. The molecule has 1 atom stereocenters. The van der Waals surface area contributed by atoms with Gasteiger partial charge >= 0.3 is 0 Å². The van der Waals surface area contributed by atoms with Crippen LogP contribution in [0, 0.1) is 0 Å². The van der Waals surface area contributed by atoms with E-state index in [1.807, 2.05) is 31.3 Å². The number of nitrogens with two attached hydrogens (primary N) is 1. The second-order valence-corrected chi connectivity index (χ2v) is 4.15. The summed E-state index contributed by atoms with van der Waals surface area (Å²) in [7, 11) is 1.98. The minimum Gasteiger partial charge on any atom is -0.399 e. The Morgan fingerprint density at radius 1 is 1.00 bits per heavy atom. The number of benzene rings is 2. The summed E-state index contributed by atoms with van der Waals surface area (Å²) in [5.41, 5.74) is 9.32. The normalized spacial score (nSPS) is 11.6. The molecular weight excluding hydrogens is 244 g/mol. The van der Waals surface area contributed by atoms with Crippen molar-refractivity contribution in [2.75, 3.05) is 12.8 Å². The third-order valence-corrected chi connectivity index (χ3v) is 3.03. The fraction of sp³-hybridized carbons (Fsp3) is 0.200. The third-order valence-electron chi connectivity index (χ3n) is 3.03. The highest BCUT2D eigenvalue weighted by Crippen LogP contribution is 2.21. The smallest absolute Gasteiger partial charge is 0.0359 e. The number of likely N-dealkylation sites (N-methyl/N-ethyl adjacent to an activating group) is 1. The van der Waals surface area contributed by atoms with Crippen molar-refractivity contribution in [1.82, 2.24) is 5.32 Å². The second kappa shape index (κ2) is 7.04. The lowest BCUT2D eigenvalue weighted by atomic mass is 9.98. The van der Waals surface area contributed by atoms with Gasteiger partial charge in [-0.15, -0.1) is 12.4 Å². The van der Waals surface area contributed by atoms with E-state index < -0.39 is 0 Å². The van der Waals surface area contributed by atoms with Crippen LogP contribution in [0.1, 0.15) is 17.2 Å². The fourth-order valence-corrected chi connectivity index (χ4v) is 2.01. The molecule has 0 amide bonds. The maximum Gasteiger partial charge on any atom is 0.0359 e. The number of hydrogen-bond acceptors (Lipinski definition) is 2. The fourth-order valence-electron chi connectivity index (χ4n) is 2.01. The van der Waals surface area contributed by atoms with E-state index in [4.69, 9.17) is 5.73 Å². The number of halogens is 1. The van der Waals surface area contributed by atoms with Gasteiger partial charge in [0, 0.05) is 11.7 Å². The molecule has 0 radical (unpaired) electrons. The maximum absolute atomic E-state index is 5.97. The summed E-state index contributed by atoms with van der Waals surface area (Å²) < 4.78 is 0. The lowest BCUT2D eigenvalue weighted by molar-refractivity contribution is 0.593. The molecule has 1 unspecified atom stereocenters. The Labute approximate surface area is 115 Å². The van der Waals surface area contributed by atoms with E-state index >= 15 is 0 Å². The van der Waals surface area contributed by atoms with Crippen LogP contribution in [-0.4, -0.2) is 7.05 Å². The van der Waals surface area contributed by atoms with Gasteiger partial charge in [-0.3, -0.25) is 0 Å². The molecule has 18 heavy (non-hydrogen) atoms. The molecule has 0 fully saturated rings. The van der Waals surface area contributed by atoms with Gasteiger partial charge in [-0.25, -0.2) is 0 Å². The van der Waals surface area contributed by atoms with Gasteiger partial charge in [0.1, 0.15) is 0 Å². The third kappa shape index (κ3) is 3.49. The standard InChI is InChI=1S/C15H18N2.ClH/c1-17-15(12-7-3-2-4-8-12)11-13-9-5-6-10-14(13)16;/h2-10,15,17H,11,16H2,1H3;1H. The van der Waals surface area contributed by atoms with Crippen LogP contribution < -0.4 is 11.1 Å². The monoisotopic (exact) mass is 262 g/mol. The molecule has 3 N–H and O–H groups in total. The maximum atomic E-state index is 5.97. The zero-order chi connectivity index (χ0) is 12.1. The molecule has 0 spiro atoms. The molecule has 0 bridgehead atoms. The predicted octanol–water partition coefficient (Wildman–Crippen LogP) is 3.19. The molecule has 0 aromatic heterocycles. The Hall–Kier alpha value is -1.51. The molecule has 2 nitrogen and oxygen atoms in total. The van der Waals surface area contributed by atoms with Crippen molar-refractivity contribution in [3.8, 4) is 0 Å². The van der Waals surface area contributed by atoms with Gasteiger partial charge in [-0.05, 0) is 30.7 Å². The first-order chi connectivity index (χ1) is 8.31. The lowest BCUT2D eigenvalue weighted by Gasteiger charge is -2.17. The van der Waals surface area contributed by atoms with Crippen LogP contribution in [0.15, 0.2) is 54.6 Å². The highest BCUT2D eigenvalue weighted by atomic mass is 35.5. The summed E-state index contributed by atoms with van der Waals surface area (Å²) in [6.07, 6.45) is 0.910. The molecule has 0 saturated heterocycles. The molecule has 2 rings (SSSR count). The second-order valence-electron chi connectivity index (χ2n) is 4.15. The Balaban J connectivity index is 0.00000162. The summed E-state index contributed by atoms with van der Waals surface area (Å²) in [5, 5.41) is 3.34. The molecule has 0 heterocycles. The van der Waals surface area contributed by atoms with Crippen molar-refractivity contribution in [2.24, 2.45) is 0 Å². The minimum absolute atomic E-state index is 0. The van der Waals surface area contributed by atoms with Crippen LogP contribution in [0.3, 0.4) is 0 Å². The minimum atomic E-state index is 0. The molecule has 96 valence electrons. The van der Waals surface area contributed by atoms with Crippen molar-refractivity contribution in [3.05, 3.63) is 65.7 Å². The Kier molecular flexibility index (Phi) is 5.69. The van der Waals surface area contributed by atoms with Crippen LogP contribution >= 0.6 is 12.4 Å². The number of anilines is 1. The summed E-state index contributed by atoms with van der Waals surface area (Å²) >= 11 is 0. The van der Waals surface area contributed by atoms with Crippen LogP contribution in [-0.2, 0) is 6.42 Å². The molecule has 0 aliphatic carbocycles. The van der Waals surface area contributed by atoms with Crippen molar-refractivity contribution >= 4 is 18.1 Å². The SMILES string of the molecule is CNC(Cc1ccccc1N)c1ccccc1.Cl. The number of para-hydroxylation sites is 1. The Bertz CT molecular complexity index is 471. The van der Waals surface area contributed by atoms with E-state index in [1.54, 1.807) is 0 Å². The zero-order valence-electron chi connectivity index (χ0n) is 10.5. The number of nitrogen functional groups attached to an aromatic ring is 1. The van der Waals surface area contributed by atoms with E-state index in [9.17, 15) is 0 Å². The van der Waals surface area contributed by atoms with Crippen molar-refractivity contribution in [1.29, 1.82) is 0 Å². The zero-order valence-corrected chi connectivity index (χ0v) is 11.3. The first-order valence-electron chi connectivity index (χ1n) is 5.87. The van der Waals surface area contributed by atoms with Crippen molar-refractivity contribution < 1.29 is 0 Å². The predicted molar refractivity (Wildman–Crippen MR) is 80.0 cm³/mol. The van der Waals surface area contributed by atoms with Gasteiger partial charge < -0.3 is 11.1 Å². The van der Waals surface area contributed by atoms with Gasteiger partial charge in [-0.2, -0.15) is 0 Å². The average molecular weight is 263 g/mol. The molecule has 2 aromatic carbocycles. The van der Waals surface area contributed by atoms with E-state index in [2.05, 4.69) is 35.6 Å². The highest BCUT2D eigenvalue weighted by Gasteiger charge is 2.10. The largest absolute Gasteiger partial charge is 0.399 e. The van der Waals surface area contributed by atoms with Gasteiger partial charge in [0.15, 0.2) is 0 Å². The van der Waals surface area contributed by atoms with Gasteiger partial charge in [0.05, 0.1) is 0 Å². The molecule has 3 heteroatoms. The number of hydrogen-bond donors (Lipinski definition) is 2. The molecule has 0 saturated carbocycles. The average Bonchev–Trinajstić information content (AvgIpc) is 2.39. The molecule has 0 aliphatic heterocycles.